The Balaban J connectivity index is 3.16. The van der Waals surface area contributed by atoms with Crippen molar-refractivity contribution in [2.75, 3.05) is 0 Å². The highest BCUT2D eigenvalue weighted by atomic mass is 19.3. The molecule has 1 aromatic carbocycles. The fourth-order valence-electron chi connectivity index (χ4n) is 1.16. The van der Waals surface area contributed by atoms with Crippen molar-refractivity contribution in [2.45, 2.75) is 18.9 Å². The maximum atomic E-state index is 13.2. The third kappa shape index (κ3) is 2.30. The number of carbonyl (C=O) groups is 1. The zero-order valence-corrected chi connectivity index (χ0v) is 8.21. The first-order chi connectivity index (χ1) is 6.85. The lowest BCUT2D eigenvalue weighted by molar-refractivity contribution is -0.143. The molecule has 0 saturated heterocycles. The highest BCUT2D eigenvalue weighted by molar-refractivity contribution is 5.83. The number of nitrogens with two attached hydrogens (primary N) is 2. The molecular weight excluding hydrogens is 202 g/mol. The molecule has 1 aromatic rings. The Morgan fingerprint density at radius 2 is 2.07 bits per heavy atom. The summed E-state index contributed by atoms with van der Waals surface area (Å²) < 4.78 is 26.4. The van der Waals surface area contributed by atoms with Gasteiger partial charge in [0.1, 0.15) is 0 Å². The molecule has 0 unspecified atom stereocenters. The predicted molar refractivity (Wildman–Crippen MR) is 52.1 cm³/mol. The Kier molecular flexibility index (Phi) is 3.04. The van der Waals surface area contributed by atoms with E-state index in [1.807, 2.05) is 0 Å². The summed E-state index contributed by atoms with van der Waals surface area (Å²) >= 11 is 0. The van der Waals surface area contributed by atoms with Gasteiger partial charge < -0.3 is 11.5 Å². The van der Waals surface area contributed by atoms with E-state index < -0.39 is 17.4 Å². The van der Waals surface area contributed by atoms with Gasteiger partial charge in [0, 0.05) is 11.6 Å². The number of hydrogen-bond donors (Lipinski definition) is 2. The van der Waals surface area contributed by atoms with Gasteiger partial charge in [-0.15, -0.1) is 0 Å². The lowest BCUT2D eigenvalue weighted by Gasteiger charge is -2.14. The molecule has 0 aliphatic rings. The molecule has 0 bridgehead atoms. The van der Waals surface area contributed by atoms with E-state index in [0.717, 1.165) is 6.07 Å². The van der Waals surface area contributed by atoms with E-state index in [-0.39, 0.29) is 6.04 Å². The van der Waals surface area contributed by atoms with Crippen LogP contribution in [-0.4, -0.2) is 5.91 Å². The molecule has 0 saturated carbocycles. The molecule has 0 heterocycles. The van der Waals surface area contributed by atoms with Crippen LogP contribution in [-0.2, 0) is 10.7 Å². The van der Waals surface area contributed by atoms with Crippen molar-refractivity contribution in [1.29, 1.82) is 0 Å². The van der Waals surface area contributed by atoms with Gasteiger partial charge in [0.2, 0.25) is 0 Å². The number of alkyl halides is 2. The molecule has 5 heteroatoms. The van der Waals surface area contributed by atoms with E-state index in [0.29, 0.717) is 5.56 Å². The topological polar surface area (TPSA) is 69.1 Å². The molecule has 0 spiro atoms. The van der Waals surface area contributed by atoms with Crippen LogP contribution >= 0.6 is 0 Å². The molecule has 15 heavy (non-hydrogen) atoms. The number of benzene rings is 1. The Morgan fingerprint density at radius 3 is 2.53 bits per heavy atom. The van der Waals surface area contributed by atoms with Crippen molar-refractivity contribution in [3.05, 3.63) is 35.4 Å². The molecule has 0 aliphatic carbocycles. The molecule has 0 aromatic heterocycles. The lowest BCUT2D eigenvalue weighted by atomic mass is 10.0. The zero-order chi connectivity index (χ0) is 11.6. The van der Waals surface area contributed by atoms with Crippen LogP contribution in [0.1, 0.15) is 24.1 Å². The van der Waals surface area contributed by atoms with Gasteiger partial charge in [0.15, 0.2) is 0 Å². The van der Waals surface area contributed by atoms with E-state index in [2.05, 4.69) is 5.73 Å². The summed E-state index contributed by atoms with van der Waals surface area (Å²) in [5.41, 5.74) is 10.3. The summed E-state index contributed by atoms with van der Waals surface area (Å²) in [6, 6.07) is 5.01. The smallest absolute Gasteiger partial charge is 0.349 e. The van der Waals surface area contributed by atoms with Gasteiger partial charge in [-0.05, 0) is 18.6 Å². The van der Waals surface area contributed by atoms with E-state index in [1.54, 1.807) is 13.0 Å². The average Bonchev–Trinajstić information content (AvgIpc) is 2.17. The van der Waals surface area contributed by atoms with Gasteiger partial charge in [0.25, 0.3) is 5.91 Å². The molecule has 0 radical (unpaired) electrons. The van der Waals surface area contributed by atoms with Crippen molar-refractivity contribution < 1.29 is 13.6 Å². The van der Waals surface area contributed by atoms with Crippen LogP contribution in [0.25, 0.3) is 0 Å². The first-order valence-electron chi connectivity index (χ1n) is 4.39. The van der Waals surface area contributed by atoms with Crippen molar-refractivity contribution in [3.63, 3.8) is 0 Å². The minimum atomic E-state index is -3.65. The van der Waals surface area contributed by atoms with Gasteiger partial charge in [0.05, 0.1) is 0 Å². The summed E-state index contributed by atoms with van der Waals surface area (Å²) in [6.45, 7) is 1.67. The first-order valence-corrected chi connectivity index (χ1v) is 4.39. The number of amides is 1. The second-order valence-corrected chi connectivity index (χ2v) is 3.35. The van der Waals surface area contributed by atoms with Gasteiger partial charge in [-0.2, -0.15) is 8.78 Å². The molecule has 1 atom stereocenters. The van der Waals surface area contributed by atoms with Gasteiger partial charge >= 0.3 is 5.92 Å². The number of hydrogen-bond acceptors (Lipinski definition) is 2. The van der Waals surface area contributed by atoms with Crippen molar-refractivity contribution in [2.24, 2.45) is 11.5 Å². The highest BCUT2D eigenvalue weighted by Gasteiger charge is 2.38. The molecule has 1 amide bonds. The SMILES string of the molecule is C[C@@H](N)c1cccc(C(F)(F)C(N)=O)c1. The normalized spacial score (nSPS) is 13.6. The number of primary amides is 1. The molecule has 4 N–H and O–H groups in total. The summed E-state index contributed by atoms with van der Waals surface area (Å²) in [7, 11) is 0. The molecule has 3 nitrogen and oxygen atoms in total. The van der Waals surface area contributed by atoms with Gasteiger partial charge in [-0.3, -0.25) is 4.79 Å². The van der Waals surface area contributed by atoms with Crippen LogP contribution in [0.15, 0.2) is 24.3 Å². The van der Waals surface area contributed by atoms with Gasteiger partial charge in [-0.25, -0.2) is 0 Å². The number of rotatable bonds is 3. The van der Waals surface area contributed by atoms with Crippen LogP contribution in [0.3, 0.4) is 0 Å². The third-order valence-corrected chi connectivity index (χ3v) is 2.08. The maximum absolute atomic E-state index is 13.2. The van der Waals surface area contributed by atoms with Crippen molar-refractivity contribution in [1.82, 2.24) is 0 Å². The highest BCUT2D eigenvalue weighted by Crippen LogP contribution is 2.28. The minimum Gasteiger partial charge on any atom is -0.364 e. The van der Waals surface area contributed by atoms with Crippen LogP contribution < -0.4 is 11.5 Å². The zero-order valence-electron chi connectivity index (χ0n) is 8.21. The standard InChI is InChI=1S/C10H12F2N2O/c1-6(13)7-3-2-4-8(5-7)10(11,12)9(14)15/h2-6H,13H2,1H3,(H2,14,15)/t6-/m1/s1. The molecular formula is C10H12F2N2O. The summed E-state index contributed by atoms with van der Waals surface area (Å²) in [5, 5.41) is 0. The average molecular weight is 214 g/mol. The monoisotopic (exact) mass is 214 g/mol. The predicted octanol–water partition coefficient (Wildman–Crippen LogP) is 1.28. The quantitative estimate of drug-likeness (QED) is 0.795. The summed E-state index contributed by atoms with van der Waals surface area (Å²) in [6.07, 6.45) is 0. The summed E-state index contributed by atoms with van der Waals surface area (Å²) in [5.74, 6) is -5.31. The second kappa shape index (κ2) is 3.94. The molecule has 0 fully saturated rings. The molecule has 1 rings (SSSR count). The minimum absolute atomic E-state index is 0.367. The lowest BCUT2D eigenvalue weighted by Crippen LogP contribution is -2.33. The van der Waals surface area contributed by atoms with Crippen LogP contribution in [0.2, 0.25) is 0 Å². The largest absolute Gasteiger partial charge is 0.364 e. The van der Waals surface area contributed by atoms with Crippen LogP contribution in [0.5, 0.6) is 0 Å². The molecule has 82 valence electrons. The second-order valence-electron chi connectivity index (χ2n) is 3.35. The molecule has 0 aliphatic heterocycles. The number of carbonyl (C=O) groups excluding carboxylic acids is 1. The third-order valence-electron chi connectivity index (χ3n) is 2.08. The van der Waals surface area contributed by atoms with E-state index in [1.165, 1.54) is 12.1 Å². The van der Waals surface area contributed by atoms with Crippen molar-refractivity contribution >= 4 is 5.91 Å². The maximum Gasteiger partial charge on any atom is 0.349 e. The fraction of sp³-hybridized carbons (Fsp3) is 0.300. The van der Waals surface area contributed by atoms with Gasteiger partial charge in [-0.1, -0.05) is 18.2 Å². The Morgan fingerprint density at radius 1 is 1.47 bits per heavy atom. The first kappa shape index (κ1) is 11.6. The Bertz CT molecular complexity index is 377. The van der Waals surface area contributed by atoms with E-state index in [9.17, 15) is 13.6 Å². The Hall–Kier alpha value is -1.49. The summed E-state index contributed by atoms with van der Waals surface area (Å²) in [4.78, 5) is 10.5. The van der Waals surface area contributed by atoms with E-state index >= 15 is 0 Å². The fourth-order valence-corrected chi connectivity index (χ4v) is 1.16. The Labute approximate surface area is 86.1 Å². The van der Waals surface area contributed by atoms with Crippen LogP contribution in [0.4, 0.5) is 8.78 Å². The van der Waals surface area contributed by atoms with Crippen molar-refractivity contribution in [3.8, 4) is 0 Å². The van der Waals surface area contributed by atoms with E-state index in [4.69, 9.17) is 5.73 Å². The van der Waals surface area contributed by atoms with Crippen LogP contribution in [0, 0.1) is 0 Å². The number of halogens is 2.